The van der Waals surface area contributed by atoms with E-state index in [0.717, 1.165) is 12.4 Å². The van der Waals surface area contributed by atoms with Crippen molar-refractivity contribution in [1.82, 2.24) is 9.80 Å². The molecule has 0 atom stereocenters. The zero-order chi connectivity index (χ0) is 8.55. The Balaban J connectivity index is 2.25. The minimum Gasteiger partial charge on any atom is -0.325 e. The van der Waals surface area contributed by atoms with E-state index >= 15 is 0 Å². The van der Waals surface area contributed by atoms with E-state index in [1.807, 2.05) is 17.3 Å². The highest BCUT2D eigenvalue weighted by Gasteiger charge is 2.16. The fourth-order valence-corrected chi connectivity index (χ4v) is 1.15. The predicted molar refractivity (Wildman–Crippen MR) is 44.9 cm³/mol. The summed E-state index contributed by atoms with van der Waals surface area (Å²) in [4.78, 5) is 18.5. The van der Waals surface area contributed by atoms with Gasteiger partial charge in [-0.25, -0.2) is 4.99 Å². The molecule has 0 bridgehead atoms. The number of hydrogen-bond donors (Lipinski definition) is 0. The molecule has 62 valence electrons. The Kier molecular flexibility index (Phi) is 1.46. The average molecular weight is 163 g/mol. The summed E-state index contributed by atoms with van der Waals surface area (Å²) >= 11 is 0. The topological polar surface area (TPSA) is 35.9 Å². The van der Waals surface area contributed by atoms with Crippen LogP contribution in [0.3, 0.4) is 0 Å². The van der Waals surface area contributed by atoms with Gasteiger partial charge in [-0.15, -0.1) is 0 Å². The van der Waals surface area contributed by atoms with E-state index in [0.29, 0.717) is 0 Å². The van der Waals surface area contributed by atoms with Gasteiger partial charge in [-0.2, -0.15) is 0 Å². The Bertz CT molecular complexity index is 303. The van der Waals surface area contributed by atoms with Crippen LogP contribution in [0.25, 0.3) is 0 Å². The van der Waals surface area contributed by atoms with E-state index in [-0.39, 0.29) is 5.91 Å². The number of aliphatic imine (C=N–C) groups is 1. The second kappa shape index (κ2) is 2.48. The third kappa shape index (κ3) is 1.01. The van der Waals surface area contributed by atoms with Gasteiger partial charge in [0.1, 0.15) is 5.82 Å². The second-order valence-corrected chi connectivity index (χ2v) is 2.68. The molecule has 0 aromatic heterocycles. The van der Waals surface area contributed by atoms with Crippen molar-refractivity contribution in [3.8, 4) is 0 Å². The highest BCUT2D eigenvalue weighted by Crippen LogP contribution is 2.17. The second-order valence-electron chi connectivity index (χ2n) is 2.68. The standard InChI is InChI=1S/C8H9N3O/c1-7(12)11-5-4-10-3-2-9-8(10)6-11/h2,4-6H,3H2,1H3. The maximum Gasteiger partial charge on any atom is 0.227 e. The SMILES string of the molecule is CC(=O)N1C=CN2CC=NC2=C1. The van der Waals surface area contributed by atoms with Crippen LogP contribution in [0.4, 0.5) is 0 Å². The van der Waals surface area contributed by atoms with Crippen molar-refractivity contribution in [1.29, 1.82) is 0 Å². The van der Waals surface area contributed by atoms with Gasteiger partial charge >= 0.3 is 0 Å². The van der Waals surface area contributed by atoms with E-state index in [9.17, 15) is 4.79 Å². The molecule has 0 saturated heterocycles. The number of carbonyl (C=O) groups excluding carboxylic acids is 1. The third-order valence-electron chi connectivity index (χ3n) is 1.82. The van der Waals surface area contributed by atoms with Gasteiger partial charge in [0.15, 0.2) is 0 Å². The summed E-state index contributed by atoms with van der Waals surface area (Å²) in [5, 5.41) is 0. The van der Waals surface area contributed by atoms with Crippen molar-refractivity contribution in [2.75, 3.05) is 6.54 Å². The number of fused-ring (bicyclic) bond motifs is 1. The van der Waals surface area contributed by atoms with Gasteiger partial charge in [-0.05, 0) is 0 Å². The average Bonchev–Trinajstić information content (AvgIpc) is 2.49. The van der Waals surface area contributed by atoms with E-state index in [4.69, 9.17) is 0 Å². The van der Waals surface area contributed by atoms with Gasteiger partial charge in [-0.1, -0.05) is 0 Å². The van der Waals surface area contributed by atoms with Crippen molar-refractivity contribution < 1.29 is 4.79 Å². The zero-order valence-electron chi connectivity index (χ0n) is 6.77. The summed E-state index contributed by atoms with van der Waals surface area (Å²) in [5.74, 6) is 0.827. The van der Waals surface area contributed by atoms with Gasteiger partial charge in [0.05, 0.1) is 12.7 Å². The van der Waals surface area contributed by atoms with Crippen LogP contribution in [0.5, 0.6) is 0 Å². The monoisotopic (exact) mass is 163 g/mol. The minimum absolute atomic E-state index is 0.000463. The first-order valence-corrected chi connectivity index (χ1v) is 3.75. The minimum atomic E-state index is 0.000463. The molecule has 0 spiro atoms. The van der Waals surface area contributed by atoms with Crippen LogP contribution in [0.1, 0.15) is 6.92 Å². The first-order valence-electron chi connectivity index (χ1n) is 3.75. The molecule has 1 amide bonds. The fraction of sp³-hybridized carbons (Fsp3) is 0.250. The lowest BCUT2D eigenvalue weighted by molar-refractivity contribution is -0.124. The molecule has 2 aliphatic rings. The lowest BCUT2D eigenvalue weighted by atomic mass is 10.4. The normalized spacial score (nSPS) is 19.6. The van der Waals surface area contributed by atoms with Crippen LogP contribution in [0.15, 0.2) is 29.4 Å². The summed E-state index contributed by atoms with van der Waals surface area (Å²) in [7, 11) is 0. The van der Waals surface area contributed by atoms with E-state index < -0.39 is 0 Å². The maximum absolute atomic E-state index is 10.9. The molecule has 4 nitrogen and oxygen atoms in total. The summed E-state index contributed by atoms with van der Waals surface area (Å²) in [6.45, 7) is 2.32. The molecule has 0 aromatic rings. The summed E-state index contributed by atoms with van der Waals surface area (Å²) in [6.07, 6.45) is 7.13. The molecule has 0 saturated carbocycles. The largest absolute Gasteiger partial charge is 0.325 e. The number of hydrogen-bond acceptors (Lipinski definition) is 3. The Morgan fingerprint density at radius 3 is 3.17 bits per heavy atom. The van der Waals surface area contributed by atoms with Gasteiger partial charge < -0.3 is 4.90 Å². The third-order valence-corrected chi connectivity index (χ3v) is 1.82. The van der Waals surface area contributed by atoms with Crippen LogP contribution >= 0.6 is 0 Å². The molecule has 0 unspecified atom stereocenters. The van der Waals surface area contributed by atoms with Crippen molar-refractivity contribution >= 4 is 12.1 Å². The molecule has 0 fully saturated rings. The lowest BCUT2D eigenvalue weighted by Gasteiger charge is -2.22. The molecule has 0 aromatic carbocycles. The Morgan fingerprint density at radius 1 is 1.58 bits per heavy atom. The summed E-state index contributed by atoms with van der Waals surface area (Å²) in [5.41, 5.74) is 0. The molecular weight excluding hydrogens is 154 g/mol. The summed E-state index contributed by atoms with van der Waals surface area (Å²) < 4.78 is 0. The number of rotatable bonds is 0. The van der Waals surface area contributed by atoms with Gasteiger partial charge in [-0.3, -0.25) is 9.69 Å². The number of nitrogens with zero attached hydrogens (tertiary/aromatic N) is 3. The van der Waals surface area contributed by atoms with E-state index in [2.05, 4.69) is 4.99 Å². The maximum atomic E-state index is 10.9. The molecule has 0 aliphatic carbocycles. The van der Waals surface area contributed by atoms with Gasteiger partial charge in [0.25, 0.3) is 0 Å². The highest BCUT2D eigenvalue weighted by molar-refractivity contribution is 5.76. The Labute approximate surface area is 70.5 Å². The van der Waals surface area contributed by atoms with Gasteiger partial charge in [0, 0.05) is 25.5 Å². The zero-order valence-corrected chi connectivity index (χ0v) is 6.77. The molecule has 12 heavy (non-hydrogen) atoms. The van der Waals surface area contributed by atoms with Crippen molar-refractivity contribution in [2.24, 2.45) is 4.99 Å². The number of amides is 1. The van der Waals surface area contributed by atoms with Crippen molar-refractivity contribution in [2.45, 2.75) is 6.92 Å². The smallest absolute Gasteiger partial charge is 0.227 e. The Morgan fingerprint density at radius 2 is 2.42 bits per heavy atom. The lowest BCUT2D eigenvalue weighted by Crippen LogP contribution is -2.25. The quantitative estimate of drug-likeness (QED) is 0.521. The van der Waals surface area contributed by atoms with Crippen LogP contribution in [-0.2, 0) is 4.79 Å². The Hall–Kier alpha value is -1.58. The molecule has 4 heteroatoms. The number of carbonyl (C=O) groups is 1. The van der Waals surface area contributed by atoms with E-state index in [1.165, 1.54) is 11.8 Å². The first kappa shape index (κ1) is 7.09. The van der Waals surface area contributed by atoms with Crippen LogP contribution in [0.2, 0.25) is 0 Å². The molecule has 0 N–H and O–H groups in total. The van der Waals surface area contributed by atoms with Crippen LogP contribution in [0, 0.1) is 0 Å². The summed E-state index contributed by atoms with van der Waals surface area (Å²) in [6, 6.07) is 0. The van der Waals surface area contributed by atoms with Crippen LogP contribution in [-0.4, -0.2) is 28.5 Å². The molecule has 0 radical (unpaired) electrons. The fourth-order valence-electron chi connectivity index (χ4n) is 1.15. The van der Waals surface area contributed by atoms with Crippen molar-refractivity contribution in [3.63, 3.8) is 0 Å². The molecular formula is C8H9N3O. The van der Waals surface area contributed by atoms with Crippen molar-refractivity contribution in [3.05, 3.63) is 24.4 Å². The van der Waals surface area contributed by atoms with Crippen LogP contribution < -0.4 is 0 Å². The highest BCUT2D eigenvalue weighted by atomic mass is 16.2. The molecule has 2 aliphatic heterocycles. The van der Waals surface area contributed by atoms with E-state index in [1.54, 1.807) is 12.4 Å². The molecule has 2 rings (SSSR count). The predicted octanol–water partition coefficient (Wildman–Crippen LogP) is 0.505. The van der Waals surface area contributed by atoms with Gasteiger partial charge in [0.2, 0.25) is 5.91 Å². The first-order chi connectivity index (χ1) is 5.77. The molecule has 2 heterocycles.